The van der Waals surface area contributed by atoms with Crippen molar-refractivity contribution in [3.8, 4) is 5.69 Å². The summed E-state index contributed by atoms with van der Waals surface area (Å²) in [7, 11) is 1.66. The van der Waals surface area contributed by atoms with Crippen LogP contribution in [0.5, 0.6) is 0 Å². The first-order valence-electron chi connectivity index (χ1n) is 8.21. The first-order valence-corrected chi connectivity index (χ1v) is 9.19. The van der Waals surface area contributed by atoms with Crippen molar-refractivity contribution in [3.05, 3.63) is 54.6 Å². The standard InChI is InChI=1S/C19H21N3O2S/c1-24-13-7-12-20-18(23)14-25-19-21-16-10-5-6-11-17(16)22(19)15-8-3-2-4-9-15/h2-6,8-11H,7,12-14H2,1H3,(H,20,23). The molecule has 6 heteroatoms. The maximum Gasteiger partial charge on any atom is 0.230 e. The number of methoxy groups -OCH3 is 1. The van der Waals surface area contributed by atoms with Gasteiger partial charge in [0.2, 0.25) is 5.91 Å². The van der Waals surface area contributed by atoms with Crippen molar-refractivity contribution in [1.82, 2.24) is 14.9 Å². The highest BCUT2D eigenvalue weighted by molar-refractivity contribution is 7.99. The van der Waals surface area contributed by atoms with Crippen molar-refractivity contribution in [2.75, 3.05) is 26.0 Å². The van der Waals surface area contributed by atoms with Crippen LogP contribution in [0.25, 0.3) is 16.7 Å². The molecule has 0 fully saturated rings. The maximum atomic E-state index is 12.0. The van der Waals surface area contributed by atoms with Crippen LogP contribution < -0.4 is 5.32 Å². The van der Waals surface area contributed by atoms with Crippen LogP contribution in [-0.2, 0) is 9.53 Å². The van der Waals surface area contributed by atoms with Crippen molar-refractivity contribution >= 4 is 28.7 Å². The maximum absolute atomic E-state index is 12.0. The number of hydrogen-bond acceptors (Lipinski definition) is 4. The molecular weight excluding hydrogens is 334 g/mol. The molecule has 0 unspecified atom stereocenters. The molecular formula is C19H21N3O2S. The Bertz CT molecular complexity index is 833. The van der Waals surface area contributed by atoms with Crippen LogP contribution in [-0.4, -0.2) is 41.5 Å². The van der Waals surface area contributed by atoms with Gasteiger partial charge in [0.25, 0.3) is 0 Å². The predicted octanol–water partition coefficient (Wildman–Crippen LogP) is 3.27. The third-order valence-corrected chi connectivity index (χ3v) is 4.66. The van der Waals surface area contributed by atoms with Crippen LogP contribution in [0.4, 0.5) is 0 Å². The van der Waals surface area contributed by atoms with E-state index in [1.165, 1.54) is 11.8 Å². The van der Waals surface area contributed by atoms with E-state index in [1.807, 2.05) is 54.6 Å². The molecule has 0 aliphatic carbocycles. The van der Waals surface area contributed by atoms with Gasteiger partial charge in [-0.15, -0.1) is 0 Å². The Labute approximate surface area is 151 Å². The number of carbonyl (C=O) groups excluding carboxylic acids is 1. The topological polar surface area (TPSA) is 56.1 Å². The number of nitrogens with zero attached hydrogens (tertiary/aromatic N) is 2. The van der Waals surface area contributed by atoms with Gasteiger partial charge < -0.3 is 10.1 Å². The normalized spacial score (nSPS) is 10.9. The lowest BCUT2D eigenvalue weighted by molar-refractivity contribution is -0.118. The number of aromatic nitrogens is 2. The molecule has 130 valence electrons. The third kappa shape index (κ3) is 4.41. The Kier molecular flexibility index (Phi) is 6.09. The zero-order valence-electron chi connectivity index (χ0n) is 14.1. The minimum Gasteiger partial charge on any atom is -0.385 e. The van der Waals surface area contributed by atoms with Gasteiger partial charge in [-0.1, -0.05) is 42.1 Å². The van der Waals surface area contributed by atoms with Gasteiger partial charge in [0.15, 0.2) is 5.16 Å². The molecule has 1 aromatic heterocycles. The minimum atomic E-state index is 0.00720. The summed E-state index contributed by atoms with van der Waals surface area (Å²) in [6.45, 7) is 1.28. The molecule has 0 bridgehead atoms. The second kappa shape index (κ2) is 8.69. The van der Waals surface area contributed by atoms with Gasteiger partial charge in [0, 0.05) is 25.9 Å². The number of nitrogens with one attached hydrogen (secondary N) is 1. The molecule has 1 amide bonds. The Morgan fingerprint density at radius 3 is 2.72 bits per heavy atom. The van der Waals surface area contributed by atoms with Gasteiger partial charge in [-0.3, -0.25) is 9.36 Å². The molecule has 5 nitrogen and oxygen atoms in total. The van der Waals surface area contributed by atoms with Gasteiger partial charge in [-0.05, 0) is 30.7 Å². The highest BCUT2D eigenvalue weighted by Gasteiger charge is 2.14. The molecule has 0 aliphatic heterocycles. The monoisotopic (exact) mass is 355 g/mol. The molecule has 3 rings (SSSR count). The number of rotatable bonds is 8. The van der Waals surface area contributed by atoms with Crippen molar-refractivity contribution in [2.24, 2.45) is 0 Å². The summed E-state index contributed by atoms with van der Waals surface area (Å²) in [5, 5.41) is 3.72. The highest BCUT2D eigenvalue weighted by atomic mass is 32.2. The number of amides is 1. The van der Waals surface area contributed by atoms with E-state index in [4.69, 9.17) is 9.72 Å². The summed E-state index contributed by atoms with van der Waals surface area (Å²) in [4.78, 5) is 16.7. The highest BCUT2D eigenvalue weighted by Crippen LogP contribution is 2.27. The summed E-state index contributed by atoms with van der Waals surface area (Å²) in [5.74, 6) is 0.344. The van der Waals surface area contributed by atoms with Gasteiger partial charge in [0.05, 0.1) is 16.8 Å². The minimum absolute atomic E-state index is 0.00720. The number of carbonyl (C=O) groups is 1. The van der Waals surface area contributed by atoms with Crippen molar-refractivity contribution in [3.63, 3.8) is 0 Å². The number of imidazole rings is 1. The van der Waals surface area contributed by atoms with E-state index >= 15 is 0 Å². The number of para-hydroxylation sites is 3. The van der Waals surface area contributed by atoms with E-state index in [2.05, 4.69) is 9.88 Å². The average molecular weight is 355 g/mol. The molecule has 1 N–H and O–H groups in total. The summed E-state index contributed by atoms with van der Waals surface area (Å²) in [6.07, 6.45) is 0.815. The third-order valence-electron chi connectivity index (χ3n) is 3.72. The van der Waals surface area contributed by atoms with Crippen LogP contribution in [0.1, 0.15) is 6.42 Å². The van der Waals surface area contributed by atoms with E-state index in [9.17, 15) is 4.79 Å². The van der Waals surface area contributed by atoms with Crippen LogP contribution >= 0.6 is 11.8 Å². The number of thioether (sulfide) groups is 1. The fraction of sp³-hybridized carbons (Fsp3) is 0.263. The number of hydrogen-bond donors (Lipinski definition) is 1. The van der Waals surface area contributed by atoms with Crippen molar-refractivity contribution in [2.45, 2.75) is 11.6 Å². The number of fused-ring (bicyclic) bond motifs is 1. The van der Waals surface area contributed by atoms with Gasteiger partial charge in [-0.2, -0.15) is 0 Å². The molecule has 25 heavy (non-hydrogen) atoms. The molecule has 0 saturated heterocycles. The lowest BCUT2D eigenvalue weighted by atomic mass is 10.3. The Hall–Kier alpha value is -2.31. The Morgan fingerprint density at radius 2 is 1.92 bits per heavy atom. The zero-order valence-corrected chi connectivity index (χ0v) is 15.0. The number of ether oxygens (including phenoxy) is 1. The van der Waals surface area contributed by atoms with Gasteiger partial charge in [0.1, 0.15) is 0 Å². The Morgan fingerprint density at radius 1 is 1.16 bits per heavy atom. The van der Waals surface area contributed by atoms with E-state index in [1.54, 1.807) is 7.11 Å². The molecule has 0 spiro atoms. The SMILES string of the molecule is COCCCNC(=O)CSc1nc2ccccc2n1-c1ccccc1. The predicted molar refractivity (Wildman–Crippen MR) is 101 cm³/mol. The number of benzene rings is 2. The van der Waals surface area contributed by atoms with Crippen LogP contribution in [0.2, 0.25) is 0 Å². The Balaban J connectivity index is 1.76. The summed E-state index contributed by atoms with van der Waals surface area (Å²) in [6, 6.07) is 18.1. The average Bonchev–Trinajstić information content (AvgIpc) is 3.02. The van der Waals surface area contributed by atoms with E-state index in [0.717, 1.165) is 28.3 Å². The largest absolute Gasteiger partial charge is 0.385 e. The molecule has 0 saturated carbocycles. The fourth-order valence-corrected chi connectivity index (χ4v) is 3.41. The first kappa shape index (κ1) is 17.5. The molecule has 2 aromatic carbocycles. The molecule has 1 heterocycles. The van der Waals surface area contributed by atoms with E-state index in [-0.39, 0.29) is 5.91 Å². The van der Waals surface area contributed by atoms with Crippen LogP contribution in [0, 0.1) is 0 Å². The second-order valence-electron chi connectivity index (χ2n) is 5.54. The zero-order chi connectivity index (χ0) is 17.5. The molecule has 0 atom stereocenters. The van der Waals surface area contributed by atoms with Gasteiger partial charge in [-0.25, -0.2) is 4.98 Å². The molecule has 0 radical (unpaired) electrons. The van der Waals surface area contributed by atoms with Gasteiger partial charge >= 0.3 is 0 Å². The quantitative estimate of drug-likeness (QED) is 0.498. The second-order valence-corrected chi connectivity index (χ2v) is 6.48. The summed E-state index contributed by atoms with van der Waals surface area (Å²) >= 11 is 1.45. The van der Waals surface area contributed by atoms with Crippen molar-refractivity contribution in [1.29, 1.82) is 0 Å². The smallest absolute Gasteiger partial charge is 0.230 e. The van der Waals surface area contributed by atoms with E-state index < -0.39 is 0 Å². The van der Waals surface area contributed by atoms with Crippen LogP contribution in [0.3, 0.4) is 0 Å². The summed E-state index contributed by atoms with van der Waals surface area (Å²) < 4.78 is 7.08. The van der Waals surface area contributed by atoms with Crippen LogP contribution in [0.15, 0.2) is 59.8 Å². The van der Waals surface area contributed by atoms with E-state index in [0.29, 0.717) is 18.9 Å². The fourth-order valence-electron chi connectivity index (χ4n) is 2.55. The first-order chi connectivity index (χ1) is 12.3. The van der Waals surface area contributed by atoms with Crippen molar-refractivity contribution < 1.29 is 9.53 Å². The lowest BCUT2D eigenvalue weighted by Crippen LogP contribution is -2.26. The lowest BCUT2D eigenvalue weighted by Gasteiger charge is -2.09. The molecule has 0 aliphatic rings. The molecule has 3 aromatic rings. The summed E-state index contributed by atoms with van der Waals surface area (Å²) in [5.41, 5.74) is 3.00.